The molecule has 0 saturated carbocycles. The average molecular weight is 241 g/mol. The molecule has 0 bridgehead atoms. The first-order valence-electron chi connectivity index (χ1n) is 3.83. The van der Waals surface area contributed by atoms with E-state index in [1.54, 1.807) is 12.1 Å². The fraction of sp³-hybridized carbons (Fsp3) is 0.222. The maximum absolute atomic E-state index is 8.72. The number of nitrogens with two attached hydrogens (primary N) is 1. The molecule has 0 aromatic carbocycles. The molecule has 0 atom stereocenters. The Balaban J connectivity index is 3.09. The minimum absolute atomic E-state index is 0.413. The van der Waals surface area contributed by atoms with E-state index in [9.17, 15) is 0 Å². The molecular formula is C9H9BrN2O. The highest BCUT2D eigenvalue weighted by Gasteiger charge is 2.07. The number of furan rings is 1. The van der Waals surface area contributed by atoms with Gasteiger partial charge in [0.25, 0.3) is 0 Å². The summed E-state index contributed by atoms with van der Waals surface area (Å²) in [6.45, 7) is 1.88. The van der Waals surface area contributed by atoms with Crippen molar-refractivity contribution in [2.75, 3.05) is 0 Å². The quantitative estimate of drug-likeness (QED) is 0.809. The number of allylic oxidation sites excluding steroid dienone is 1. The van der Waals surface area contributed by atoms with Gasteiger partial charge in [0, 0.05) is 0 Å². The van der Waals surface area contributed by atoms with Crippen LogP contribution in [0, 0.1) is 11.3 Å². The normalized spacial score (nSPS) is 12.1. The van der Waals surface area contributed by atoms with Crippen LogP contribution < -0.4 is 5.73 Å². The largest absolute Gasteiger partial charge is 0.448 e. The topological polar surface area (TPSA) is 63.0 Å². The van der Waals surface area contributed by atoms with E-state index in [2.05, 4.69) is 15.9 Å². The number of hydrogen-bond acceptors (Lipinski definition) is 3. The van der Waals surface area contributed by atoms with Gasteiger partial charge in [-0.3, -0.25) is 0 Å². The van der Waals surface area contributed by atoms with Gasteiger partial charge in [0.1, 0.15) is 0 Å². The predicted octanol–water partition coefficient (Wildman–Crippen LogP) is 2.65. The van der Waals surface area contributed by atoms with Crippen molar-refractivity contribution in [1.82, 2.24) is 0 Å². The van der Waals surface area contributed by atoms with Crippen LogP contribution in [0.1, 0.15) is 19.1 Å². The van der Waals surface area contributed by atoms with E-state index < -0.39 is 0 Å². The van der Waals surface area contributed by atoms with Crippen LogP contribution >= 0.6 is 15.9 Å². The van der Waals surface area contributed by atoms with Gasteiger partial charge in [-0.05, 0) is 34.5 Å². The molecule has 1 aromatic rings. The van der Waals surface area contributed by atoms with E-state index in [1.165, 1.54) is 0 Å². The number of halogens is 1. The number of nitrogens with zero attached hydrogens (tertiary/aromatic N) is 1. The van der Waals surface area contributed by atoms with Crippen LogP contribution in [-0.2, 0) is 0 Å². The van der Waals surface area contributed by atoms with Gasteiger partial charge >= 0.3 is 0 Å². The summed E-state index contributed by atoms with van der Waals surface area (Å²) in [7, 11) is 0. The Kier molecular flexibility index (Phi) is 3.15. The van der Waals surface area contributed by atoms with E-state index >= 15 is 0 Å². The highest BCUT2D eigenvalue weighted by Crippen LogP contribution is 2.21. The van der Waals surface area contributed by atoms with Crippen LogP contribution in [0.4, 0.5) is 0 Å². The van der Waals surface area contributed by atoms with E-state index in [4.69, 9.17) is 15.4 Å². The second-order valence-electron chi connectivity index (χ2n) is 2.46. The first-order valence-corrected chi connectivity index (χ1v) is 4.62. The lowest BCUT2D eigenvalue weighted by Crippen LogP contribution is -1.98. The summed E-state index contributed by atoms with van der Waals surface area (Å²) in [6.07, 6.45) is 0.612. The molecule has 4 heteroatoms. The Bertz CT molecular complexity index is 373. The van der Waals surface area contributed by atoms with Crippen LogP contribution in [0.3, 0.4) is 0 Å². The lowest BCUT2D eigenvalue weighted by Gasteiger charge is -1.98. The van der Waals surface area contributed by atoms with Crippen LogP contribution in [0.5, 0.6) is 0 Å². The minimum atomic E-state index is 0.413. The molecule has 0 unspecified atom stereocenters. The number of nitriles is 1. The highest BCUT2D eigenvalue weighted by molar-refractivity contribution is 9.10. The van der Waals surface area contributed by atoms with Gasteiger partial charge in [0.15, 0.2) is 10.4 Å². The minimum Gasteiger partial charge on any atom is -0.448 e. The predicted molar refractivity (Wildman–Crippen MR) is 53.4 cm³/mol. The van der Waals surface area contributed by atoms with Crippen molar-refractivity contribution in [3.8, 4) is 6.07 Å². The molecule has 68 valence electrons. The summed E-state index contributed by atoms with van der Waals surface area (Å²) in [5.41, 5.74) is 6.67. The van der Waals surface area contributed by atoms with Gasteiger partial charge in [-0.2, -0.15) is 5.26 Å². The molecule has 0 amide bonds. The molecule has 1 heterocycles. The zero-order valence-electron chi connectivity index (χ0n) is 7.17. The molecule has 0 radical (unpaired) electrons. The van der Waals surface area contributed by atoms with E-state index in [0.29, 0.717) is 28.1 Å². The van der Waals surface area contributed by atoms with Crippen LogP contribution in [-0.4, -0.2) is 0 Å². The standard InChI is InChI=1S/C9H9BrN2O/c1-2-6(5-11)9(12)7-3-4-8(10)13-7/h3-4H,2,12H2,1H3/b9-6-. The molecule has 2 N–H and O–H groups in total. The summed E-state index contributed by atoms with van der Waals surface area (Å²) in [5.74, 6) is 0.533. The monoisotopic (exact) mass is 240 g/mol. The summed E-state index contributed by atoms with van der Waals surface area (Å²) in [6, 6.07) is 5.51. The highest BCUT2D eigenvalue weighted by atomic mass is 79.9. The maximum Gasteiger partial charge on any atom is 0.169 e. The van der Waals surface area contributed by atoms with Gasteiger partial charge in [0.2, 0.25) is 0 Å². The molecule has 1 rings (SSSR count). The van der Waals surface area contributed by atoms with Crippen molar-refractivity contribution in [2.24, 2.45) is 5.73 Å². The van der Waals surface area contributed by atoms with Gasteiger partial charge in [0.05, 0.1) is 17.3 Å². The Morgan fingerprint density at radius 2 is 2.38 bits per heavy atom. The molecule has 1 aromatic heterocycles. The van der Waals surface area contributed by atoms with E-state index in [-0.39, 0.29) is 0 Å². The smallest absolute Gasteiger partial charge is 0.169 e. The first-order chi connectivity index (χ1) is 6.19. The van der Waals surface area contributed by atoms with Crippen molar-refractivity contribution in [2.45, 2.75) is 13.3 Å². The molecule has 0 saturated heterocycles. The second kappa shape index (κ2) is 4.15. The third-order valence-electron chi connectivity index (χ3n) is 1.65. The molecular weight excluding hydrogens is 232 g/mol. The molecule has 13 heavy (non-hydrogen) atoms. The number of rotatable bonds is 2. The third-order valence-corrected chi connectivity index (χ3v) is 2.08. The fourth-order valence-electron chi connectivity index (χ4n) is 0.937. The average Bonchev–Trinajstić information content (AvgIpc) is 2.54. The molecule has 0 aliphatic rings. The van der Waals surface area contributed by atoms with Crippen molar-refractivity contribution in [3.05, 3.63) is 28.1 Å². The molecule has 0 aliphatic heterocycles. The van der Waals surface area contributed by atoms with Crippen LogP contribution in [0.15, 0.2) is 26.8 Å². The van der Waals surface area contributed by atoms with Crippen molar-refractivity contribution < 1.29 is 4.42 Å². The Hall–Kier alpha value is -1.21. The van der Waals surface area contributed by atoms with Crippen molar-refractivity contribution >= 4 is 21.6 Å². The van der Waals surface area contributed by atoms with Gasteiger partial charge in [-0.25, -0.2) is 0 Å². The van der Waals surface area contributed by atoms with Gasteiger partial charge in [-0.1, -0.05) is 6.92 Å². The summed E-state index contributed by atoms with van der Waals surface area (Å²) in [4.78, 5) is 0. The van der Waals surface area contributed by atoms with Crippen molar-refractivity contribution in [1.29, 1.82) is 5.26 Å². The summed E-state index contributed by atoms with van der Waals surface area (Å²) < 4.78 is 5.82. The SMILES string of the molecule is CC/C(C#N)=C(/N)c1ccc(Br)o1. The van der Waals surface area contributed by atoms with E-state index in [0.717, 1.165) is 0 Å². The van der Waals surface area contributed by atoms with Crippen LogP contribution in [0.25, 0.3) is 5.70 Å². The third kappa shape index (κ3) is 2.13. The van der Waals surface area contributed by atoms with Gasteiger partial charge < -0.3 is 10.2 Å². The molecule has 0 aliphatic carbocycles. The fourth-order valence-corrected chi connectivity index (χ4v) is 1.24. The lowest BCUT2D eigenvalue weighted by molar-refractivity contribution is 0.526. The van der Waals surface area contributed by atoms with Crippen LogP contribution in [0.2, 0.25) is 0 Å². The Morgan fingerprint density at radius 3 is 2.77 bits per heavy atom. The summed E-state index contributed by atoms with van der Waals surface area (Å²) in [5, 5.41) is 8.72. The molecule has 0 spiro atoms. The van der Waals surface area contributed by atoms with Gasteiger partial charge in [-0.15, -0.1) is 0 Å². The molecule has 3 nitrogen and oxygen atoms in total. The molecule has 0 fully saturated rings. The number of hydrogen-bond donors (Lipinski definition) is 1. The Morgan fingerprint density at radius 1 is 1.69 bits per heavy atom. The lowest BCUT2D eigenvalue weighted by atomic mass is 10.1. The second-order valence-corrected chi connectivity index (χ2v) is 3.24. The Labute approximate surface area is 85.0 Å². The zero-order valence-corrected chi connectivity index (χ0v) is 8.76. The maximum atomic E-state index is 8.72. The van der Waals surface area contributed by atoms with E-state index in [1.807, 2.05) is 13.0 Å². The zero-order chi connectivity index (χ0) is 9.84. The first kappa shape index (κ1) is 9.87. The van der Waals surface area contributed by atoms with Crippen molar-refractivity contribution in [3.63, 3.8) is 0 Å². The summed E-state index contributed by atoms with van der Waals surface area (Å²) >= 11 is 3.17.